The zero-order valence-electron chi connectivity index (χ0n) is 17.7. The van der Waals surface area contributed by atoms with Gasteiger partial charge in [0.15, 0.2) is 0 Å². The second kappa shape index (κ2) is 11.1. The lowest BCUT2D eigenvalue weighted by Crippen LogP contribution is -2.47. The monoisotopic (exact) mass is 383 g/mol. The summed E-state index contributed by atoms with van der Waals surface area (Å²) in [6.07, 6.45) is 4.18. The van der Waals surface area contributed by atoms with Crippen LogP contribution in [0.5, 0.6) is 0 Å². The fourth-order valence-electron chi connectivity index (χ4n) is 3.22. The summed E-state index contributed by atoms with van der Waals surface area (Å²) in [7, 11) is 0. The SMILES string of the molecule is CCN(CC)C(=O)CCCCCNC(=O)[C@@H]1CCCN1C(=O)OC(C)(C)C. The Morgan fingerprint density at radius 1 is 1.11 bits per heavy atom. The molecule has 0 radical (unpaired) electrons. The third-order valence-corrected chi connectivity index (χ3v) is 4.67. The summed E-state index contributed by atoms with van der Waals surface area (Å²) in [4.78, 5) is 40.0. The fraction of sp³-hybridized carbons (Fsp3) is 0.850. The van der Waals surface area contributed by atoms with Crippen molar-refractivity contribution in [2.24, 2.45) is 0 Å². The summed E-state index contributed by atoms with van der Waals surface area (Å²) in [5.41, 5.74) is -0.566. The summed E-state index contributed by atoms with van der Waals surface area (Å²) in [6, 6.07) is -0.441. The average molecular weight is 384 g/mol. The lowest BCUT2D eigenvalue weighted by atomic mass is 10.1. The van der Waals surface area contributed by atoms with E-state index in [2.05, 4.69) is 5.32 Å². The molecule has 1 heterocycles. The van der Waals surface area contributed by atoms with Crippen molar-refractivity contribution >= 4 is 17.9 Å². The summed E-state index contributed by atoms with van der Waals surface area (Å²) in [6.45, 7) is 12.1. The Bertz CT molecular complexity index is 498. The van der Waals surface area contributed by atoms with Crippen molar-refractivity contribution in [2.75, 3.05) is 26.2 Å². The van der Waals surface area contributed by atoms with Crippen LogP contribution in [0.2, 0.25) is 0 Å². The predicted octanol–water partition coefficient (Wildman–Crippen LogP) is 2.93. The molecule has 156 valence electrons. The van der Waals surface area contributed by atoms with E-state index >= 15 is 0 Å². The molecule has 7 nitrogen and oxygen atoms in total. The second-order valence-electron chi connectivity index (χ2n) is 8.00. The van der Waals surface area contributed by atoms with Crippen LogP contribution in [0.25, 0.3) is 0 Å². The van der Waals surface area contributed by atoms with Crippen LogP contribution in [0.3, 0.4) is 0 Å². The first kappa shape index (κ1) is 23.2. The van der Waals surface area contributed by atoms with Crippen molar-refractivity contribution < 1.29 is 19.1 Å². The van der Waals surface area contributed by atoms with Gasteiger partial charge in [-0.05, 0) is 60.3 Å². The molecule has 1 N–H and O–H groups in total. The average Bonchev–Trinajstić information content (AvgIpc) is 3.07. The molecule has 0 aromatic rings. The molecule has 1 saturated heterocycles. The molecule has 1 atom stereocenters. The number of hydrogen-bond acceptors (Lipinski definition) is 4. The number of nitrogens with one attached hydrogen (secondary N) is 1. The quantitative estimate of drug-likeness (QED) is 0.621. The van der Waals surface area contributed by atoms with Crippen LogP contribution >= 0.6 is 0 Å². The minimum atomic E-state index is -0.566. The summed E-state index contributed by atoms with van der Waals surface area (Å²) >= 11 is 0. The van der Waals surface area contributed by atoms with Gasteiger partial charge < -0.3 is 15.0 Å². The van der Waals surface area contributed by atoms with E-state index in [4.69, 9.17) is 4.74 Å². The number of carbonyl (C=O) groups is 3. The molecule has 3 amide bonds. The second-order valence-corrected chi connectivity index (χ2v) is 8.00. The standard InChI is InChI=1S/C20H37N3O4/c1-6-22(7-2)17(24)13-9-8-10-14-21-18(25)16-12-11-15-23(16)19(26)27-20(3,4)5/h16H,6-15H2,1-5H3,(H,21,25)/t16-/m0/s1. The van der Waals surface area contributed by atoms with E-state index in [1.165, 1.54) is 4.90 Å². The van der Waals surface area contributed by atoms with Gasteiger partial charge in [-0.1, -0.05) is 6.42 Å². The first-order valence-electron chi connectivity index (χ1n) is 10.2. The minimum absolute atomic E-state index is 0.113. The maximum atomic E-state index is 12.4. The first-order valence-corrected chi connectivity index (χ1v) is 10.2. The van der Waals surface area contributed by atoms with E-state index in [9.17, 15) is 14.4 Å². The molecule has 27 heavy (non-hydrogen) atoms. The van der Waals surface area contributed by atoms with E-state index in [0.717, 1.165) is 38.8 Å². The van der Waals surface area contributed by atoms with Gasteiger partial charge in [0.25, 0.3) is 0 Å². The number of rotatable bonds is 9. The molecule has 0 unspecified atom stereocenters. The number of ether oxygens (including phenoxy) is 1. The Morgan fingerprint density at radius 2 is 1.78 bits per heavy atom. The van der Waals surface area contributed by atoms with Gasteiger partial charge in [-0.15, -0.1) is 0 Å². The molecule has 1 fully saturated rings. The molecule has 0 saturated carbocycles. The van der Waals surface area contributed by atoms with Crippen LogP contribution < -0.4 is 5.32 Å². The smallest absolute Gasteiger partial charge is 0.410 e. The number of nitrogens with zero attached hydrogens (tertiary/aromatic N) is 2. The Kier molecular flexibility index (Phi) is 9.60. The molecule has 1 rings (SSSR count). The molecule has 0 bridgehead atoms. The molecule has 0 aromatic heterocycles. The number of hydrogen-bond donors (Lipinski definition) is 1. The van der Waals surface area contributed by atoms with Gasteiger partial charge in [0.2, 0.25) is 11.8 Å². The molecule has 0 aromatic carbocycles. The normalized spacial score (nSPS) is 16.9. The zero-order valence-corrected chi connectivity index (χ0v) is 17.7. The molecular weight excluding hydrogens is 346 g/mol. The van der Waals surface area contributed by atoms with Gasteiger partial charge in [0, 0.05) is 32.6 Å². The minimum Gasteiger partial charge on any atom is -0.444 e. The molecule has 0 aliphatic carbocycles. The first-order chi connectivity index (χ1) is 12.7. The fourth-order valence-corrected chi connectivity index (χ4v) is 3.22. The molecule has 1 aliphatic heterocycles. The van der Waals surface area contributed by atoms with Crippen molar-refractivity contribution in [1.29, 1.82) is 0 Å². The summed E-state index contributed by atoms with van der Waals surface area (Å²) in [5.74, 6) is 0.0839. The van der Waals surface area contributed by atoms with Crippen LogP contribution in [0.4, 0.5) is 4.79 Å². The van der Waals surface area contributed by atoms with Crippen molar-refractivity contribution in [1.82, 2.24) is 15.1 Å². The topological polar surface area (TPSA) is 79.0 Å². The largest absolute Gasteiger partial charge is 0.444 e. The highest BCUT2D eigenvalue weighted by Crippen LogP contribution is 2.21. The van der Waals surface area contributed by atoms with Crippen LogP contribution in [0.1, 0.15) is 73.1 Å². The van der Waals surface area contributed by atoms with E-state index < -0.39 is 17.7 Å². The third kappa shape index (κ3) is 8.18. The molecule has 7 heteroatoms. The number of likely N-dealkylation sites (tertiary alicyclic amines) is 1. The van der Waals surface area contributed by atoms with Crippen molar-refractivity contribution in [3.8, 4) is 0 Å². The van der Waals surface area contributed by atoms with Crippen LogP contribution in [0.15, 0.2) is 0 Å². The van der Waals surface area contributed by atoms with Gasteiger partial charge in [-0.25, -0.2) is 4.79 Å². The van der Waals surface area contributed by atoms with E-state index in [0.29, 0.717) is 25.9 Å². The number of carbonyl (C=O) groups excluding carboxylic acids is 3. The van der Waals surface area contributed by atoms with Gasteiger partial charge in [0.1, 0.15) is 11.6 Å². The highest BCUT2D eigenvalue weighted by atomic mass is 16.6. The zero-order chi connectivity index (χ0) is 20.4. The van der Waals surface area contributed by atoms with E-state index in [-0.39, 0.29) is 11.8 Å². The van der Waals surface area contributed by atoms with Crippen LogP contribution in [-0.2, 0) is 14.3 Å². The summed E-state index contributed by atoms with van der Waals surface area (Å²) in [5, 5.41) is 2.92. The number of amides is 3. The Hall–Kier alpha value is -1.79. The van der Waals surface area contributed by atoms with Gasteiger partial charge >= 0.3 is 6.09 Å². The molecular formula is C20H37N3O4. The van der Waals surface area contributed by atoms with Crippen LogP contribution in [0, 0.1) is 0 Å². The van der Waals surface area contributed by atoms with Gasteiger partial charge in [-0.3, -0.25) is 14.5 Å². The summed E-state index contributed by atoms with van der Waals surface area (Å²) < 4.78 is 5.39. The van der Waals surface area contributed by atoms with E-state index in [1.54, 1.807) is 0 Å². The van der Waals surface area contributed by atoms with Crippen molar-refractivity contribution in [2.45, 2.75) is 84.8 Å². The molecule has 0 spiro atoms. The van der Waals surface area contributed by atoms with E-state index in [1.807, 2.05) is 39.5 Å². The third-order valence-electron chi connectivity index (χ3n) is 4.67. The Labute approximate surface area is 163 Å². The highest BCUT2D eigenvalue weighted by molar-refractivity contribution is 5.86. The van der Waals surface area contributed by atoms with Crippen molar-refractivity contribution in [3.05, 3.63) is 0 Å². The van der Waals surface area contributed by atoms with Gasteiger partial charge in [0.05, 0.1) is 0 Å². The maximum Gasteiger partial charge on any atom is 0.410 e. The van der Waals surface area contributed by atoms with Gasteiger partial charge in [-0.2, -0.15) is 0 Å². The number of unbranched alkanes of at least 4 members (excludes halogenated alkanes) is 2. The van der Waals surface area contributed by atoms with Crippen LogP contribution in [-0.4, -0.2) is 65.5 Å². The Morgan fingerprint density at radius 3 is 2.37 bits per heavy atom. The van der Waals surface area contributed by atoms with Crippen molar-refractivity contribution in [3.63, 3.8) is 0 Å². The Balaban J connectivity index is 2.28. The lowest BCUT2D eigenvalue weighted by molar-refractivity contribution is -0.131. The lowest BCUT2D eigenvalue weighted by Gasteiger charge is -2.28. The predicted molar refractivity (Wildman–Crippen MR) is 105 cm³/mol. The maximum absolute atomic E-state index is 12.4. The highest BCUT2D eigenvalue weighted by Gasteiger charge is 2.36. The molecule has 1 aliphatic rings.